The van der Waals surface area contributed by atoms with Gasteiger partial charge in [0.1, 0.15) is 0 Å². The average molecular weight is 251 g/mol. The van der Waals surface area contributed by atoms with E-state index in [-0.39, 0.29) is 0 Å². The molecule has 0 aromatic heterocycles. The van der Waals surface area contributed by atoms with Crippen LogP contribution in [0.1, 0.15) is 77.6 Å². The van der Waals surface area contributed by atoms with Gasteiger partial charge in [-0.25, -0.2) is 0 Å². The second-order valence-corrected chi connectivity index (χ2v) is 6.16. The number of nitrogens with zero attached hydrogens (tertiary/aromatic N) is 1. The fourth-order valence-electron chi connectivity index (χ4n) is 3.80. The van der Waals surface area contributed by atoms with Gasteiger partial charge in [0, 0.05) is 19.0 Å². The van der Waals surface area contributed by atoms with E-state index >= 15 is 0 Å². The first kappa shape index (κ1) is 13.9. The van der Waals surface area contributed by atoms with Gasteiger partial charge in [0.25, 0.3) is 0 Å². The van der Waals surface area contributed by atoms with Gasteiger partial charge >= 0.3 is 0 Å². The van der Waals surface area contributed by atoms with Crippen LogP contribution < -0.4 is 0 Å². The van der Waals surface area contributed by atoms with Gasteiger partial charge < -0.3 is 4.90 Å². The summed E-state index contributed by atoms with van der Waals surface area (Å²) in [4.78, 5) is 14.5. The highest BCUT2D eigenvalue weighted by molar-refractivity contribution is 5.76. The molecule has 0 spiro atoms. The maximum atomic E-state index is 12.4. The Hall–Kier alpha value is -0.530. The Labute approximate surface area is 112 Å². The molecule has 2 saturated carbocycles. The third-order valence-corrected chi connectivity index (χ3v) is 4.92. The van der Waals surface area contributed by atoms with E-state index in [1.54, 1.807) is 0 Å². The Bertz CT molecular complexity index is 252. The molecule has 2 nitrogen and oxygen atoms in total. The zero-order valence-electron chi connectivity index (χ0n) is 12.0. The molecule has 2 fully saturated rings. The summed E-state index contributed by atoms with van der Waals surface area (Å²) in [6.07, 6.45) is 13.9. The first-order valence-electron chi connectivity index (χ1n) is 8.10. The van der Waals surface area contributed by atoms with Gasteiger partial charge in [0.15, 0.2) is 0 Å². The molecule has 0 aromatic carbocycles. The van der Waals surface area contributed by atoms with Gasteiger partial charge in [-0.15, -0.1) is 0 Å². The Morgan fingerprint density at radius 1 is 1.00 bits per heavy atom. The van der Waals surface area contributed by atoms with Gasteiger partial charge in [-0.2, -0.15) is 0 Å². The van der Waals surface area contributed by atoms with Crippen molar-refractivity contribution in [3.8, 4) is 0 Å². The Morgan fingerprint density at radius 3 is 2.22 bits per heavy atom. The highest BCUT2D eigenvalue weighted by Gasteiger charge is 2.24. The van der Waals surface area contributed by atoms with Gasteiger partial charge in [-0.05, 0) is 32.1 Å². The second-order valence-electron chi connectivity index (χ2n) is 6.16. The van der Waals surface area contributed by atoms with Gasteiger partial charge in [0.2, 0.25) is 5.91 Å². The summed E-state index contributed by atoms with van der Waals surface area (Å²) >= 11 is 0. The molecule has 104 valence electrons. The van der Waals surface area contributed by atoms with E-state index in [0.717, 1.165) is 25.3 Å². The fraction of sp³-hybridized carbons (Fsp3) is 0.938. The Kier molecular flexibility index (Phi) is 5.52. The molecule has 0 radical (unpaired) electrons. The molecule has 2 aliphatic rings. The molecule has 2 heteroatoms. The van der Waals surface area contributed by atoms with Crippen molar-refractivity contribution < 1.29 is 4.79 Å². The summed E-state index contributed by atoms with van der Waals surface area (Å²) in [7, 11) is 0. The van der Waals surface area contributed by atoms with Crippen LogP contribution in [-0.2, 0) is 4.79 Å². The van der Waals surface area contributed by atoms with Crippen molar-refractivity contribution in [3.63, 3.8) is 0 Å². The number of amides is 1. The summed E-state index contributed by atoms with van der Waals surface area (Å²) in [6.45, 7) is 3.05. The molecule has 0 saturated heterocycles. The van der Waals surface area contributed by atoms with Crippen LogP contribution in [0.4, 0.5) is 0 Å². The average Bonchev–Trinajstić information content (AvgIpc) is 2.92. The summed E-state index contributed by atoms with van der Waals surface area (Å²) in [5.74, 6) is 1.27. The van der Waals surface area contributed by atoms with Crippen LogP contribution in [0.3, 0.4) is 0 Å². The summed E-state index contributed by atoms with van der Waals surface area (Å²) in [5.41, 5.74) is 0. The molecule has 18 heavy (non-hydrogen) atoms. The van der Waals surface area contributed by atoms with E-state index in [9.17, 15) is 4.79 Å². The van der Waals surface area contributed by atoms with Crippen molar-refractivity contribution >= 4 is 5.91 Å². The zero-order valence-corrected chi connectivity index (χ0v) is 12.0. The molecular formula is C16H29NO. The van der Waals surface area contributed by atoms with E-state index in [1.807, 2.05) is 0 Å². The van der Waals surface area contributed by atoms with Crippen molar-refractivity contribution in [2.45, 2.75) is 83.6 Å². The van der Waals surface area contributed by atoms with Crippen LogP contribution in [0.2, 0.25) is 0 Å². The maximum Gasteiger partial charge on any atom is 0.222 e. The van der Waals surface area contributed by atoms with E-state index in [1.165, 1.54) is 57.8 Å². The predicted octanol–water partition coefficient (Wildman–Crippen LogP) is 4.14. The van der Waals surface area contributed by atoms with Crippen molar-refractivity contribution in [2.24, 2.45) is 5.92 Å². The van der Waals surface area contributed by atoms with Crippen LogP contribution in [0.5, 0.6) is 0 Å². The topological polar surface area (TPSA) is 20.3 Å². The van der Waals surface area contributed by atoms with E-state index < -0.39 is 0 Å². The molecule has 0 bridgehead atoms. The molecule has 2 aliphatic carbocycles. The minimum Gasteiger partial charge on any atom is -0.340 e. The van der Waals surface area contributed by atoms with Crippen LogP contribution in [-0.4, -0.2) is 23.4 Å². The smallest absolute Gasteiger partial charge is 0.222 e. The lowest BCUT2D eigenvalue weighted by Crippen LogP contribution is -2.41. The SMILES string of the molecule is CCN(C(=O)CCC1CCCC1)C1CCCCC1. The molecule has 0 N–H and O–H groups in total. The van der Waals surface area contributed by atoms with Crippen LogP contribution in [0.25, 0.3) is 0 Å². The van der Waals surface area contributed by atoms with Crippen molar-refractivity contribution in [3.05, 3.63) is 0 Å². The number of hydrogen-bond acceptors (Lipinski definition) is 1. The number of hydrogen-bond donors (Lipinski definition) is 0. The molecule has 0 aromatic rings. The number of rotatable bonds is 5. The van der Waals surface area contributed by atoms with Crippen LogP contribution >= 0.6 is 0 Å². The first-order chi connectivity index (χ1) is 8.81. The monoisotopic (exact) mass is 251 g/mol. The number of carbonyl (C=O) groups is 1. The maximum absolute atomic E-state index is 12.4. The molecule has 0 atom stereocenters. The molecule has 0 heterocycles. The lowest BCUT2D eigenvalue weighted by molar-refractivity contribution is -0.134. The molecule has 2 rings (SSSR count). The summed E-state index contributed by atoms with van der Waals surface area (Å²) in [6, 6.07) is 0.555. The Balaban J connectivity index is 1.76. The normalized spacial score (nSPS) is 22.3. The van der Waals surface area contributed by atoms with Gasteiger partial charge in [-0.1, -0.05) is 44.9 Å². The Morgan fingerprint density at radius 2 is 1.61 bits per heavy atom. The first-order valence-corrected chi connectivity index (χ1v) is 8.10. The molecule has 1 amide bonds. The molecule has 0 aliphatic heterocycles. The van der Waals surface area contributed by atoms with Gasteiger partial charge in [0.05, 0.1) is 0 Å². The van der Waals surface area contributed by atoms with E-state index in [0.29, 0.717) is 11.9 Å². The highest BCUT2D eigenvalue weighted by Crippen LogP contribution is 2.29. The third-order valence-electron chi connectivity index (χ3n) is 4.92. The minimum absolute atomic E-state index is 0.427. The summed E-state index contributed by atoms with van der Waals surface area (Å²) < 4.78 is 0. The quantitative estimate of drug-likeness (QED) is 0.719. The fourth-order valence-corrected chi connectivity index (χ4v) is 3.80. The highest BCUT2D eigenvalue weighted by atomic mass is 16.2. The van der Waals surface area contributed by atoms with E-state index in [2.05, 4.69) is 11.8 Å². The summed E-state index contributed by atoms with van der Waals surface area (Å²) in [5, 5.41) is 0. The lowest BCUT2D eigenvalue weighted by Gasteiger charge is -2.34. The standard InChI is InChI=1S/C16H29NO/c1-2-17(15-10-4-3-5-11-15)16(18)13-12-14-8-6-7-9-14/h14-15H,2-13H2,1H3. The molecule has 0 unspecified atom stereocenters. The van der Waals surface area contributed by atoms with E-state index in [4.69, 9.17) is 0 Å². The largest absolute Gasteiger partial charge is 0.340 e. The van der Waals surface area contributed by atoms with Crippen LogP contribution in [0, 0.1) is 5.92 Å². The van der Waals surface area contributed by atoms with Crippen molar-refractivity contribution in [1.82, 2.24) is 4.90 Å². The van der Waals surface area contributed by atoms with Gasteiger partial charge in [-0.3, -0.25) is 4.79 Å². The number of carbonyl (C=O) groups excluding carboxylic acids is 1. The zero-order chi connectivity index (χ0) is 12.8. The van der Waals surface area contributed by atoms with Crippen LogP contribution in [0.15, 0.2) is 0 Å². The van der Waals surface area contributed by atoms with Crippen molar-refractivity contribution in [2.75, 3.05) is 6.54 Å². The predicted molar refractivity (Wildman–Crippen MR) is 75.5 cm³/mol. The minimum atomic E-state index is 0.427. The third kappa shape index (κ3) is 3.73. The van der Waals surface area contributed by atoms with Crippen molar-refractivity contribution in [1.29, 1.82) is 0 Å². The molecular weight excluding hydrogens is 222 g/mol. The second kappa shape index (κ2) is 7.16. The lowest BCUT2D eigenvalue weighted by atomic mass is 9.93.